The Labute approximate surface area is 187 Å². The van der Waals surface area contributed by atoms with Crippen LogP contribution in [0.3, 0.4) is 0 Å². The van der Waals surface area contributed by atoms with Crippen LogP contribution in [0.4, 0.5) is 0 Å². The molecule has 0 N–H and O–H groups in total. The van der Waals surface area contributed by atoms with Gasteiger partial charge in [-0.1, -0.05) is 17.7 Å². The van der Waals surface area contributed by atoms with Gasteiger partial charge in [-0.05, 0) is 55.3 Å². The van der Waals surface area contributed by atoms with E-state index in [1.54, 1.807) is 16.2 Å². The highest BCUT2D eigenvalue weighted by Gasteiger charge is 2.33. The van der Waals surface area contributed by atoms with E-state index in [-0.39, 0.29) is 30.5 Å². The van der Waals surface area contributed by atoms with E-state index < -0.39 is 0 Å². The minimum absolute atomic E-state index is 0.0298. The second kappa shape index (κ2) is 9.83. The summed E-state index contributed by atoms with van der Waals surface area (Å²) in [6, 6.07) is 9.89. The molecule has 2 amide bonds. The zero-order valence-corrected chi connectivity index (χ0v) is 19.0. The minimum atomic E-state index is -0.152. The molecule has 0 aliphatic carbocycles. The van der Waals surface area contributed by atoms with Crippen LogP contribution in [0, 0.1) is 6.92 Å². The first-order valence-electron chi connectivity index (χ1n) is 10.9. The van der Waals surface area contributed by atoms with E-state index in [9.17, 15) is 9.59 Å². The number of thiophene rings is 1. The topological polar surface area (TPSA) is 59.1 Å². The first kappa shape index (κ1) is 21.8. The molecular formula is C24H30N2O4S. The Balaban J connectivity index is 1.46. The molecule has 0 unspecified atom stereocenters. The van der Waals surface area contributed by atoms with E-state index in [1.807, 2.05) is 36.1 Å². The summed E-state index contributed by atoms with van der Waals surface area (Å²) in [6.45, 7) is 5.88. The van der Waals surface area contributed by atoms with Gasteiger partial charge in [0.05, 0.1) is 18.7 Å². The molecular weight excluding hydrogens is 412 g/mol. The molecule has 0 bridgehead atoms. The van der Waals surface area contributed by atoms with Crippen LogP contribution in [0.2, 0.25) is 0 Å². The summed E-state index contributed by atoms with van der Waals surface area (Å²) in [4.78, 5) is 30.3. The van der Waals surface area contributed by atoms with Gasteiger partial charge in [-0.2, -0.15) is 0 Å². The van der Waals surface area contributed by atoms with Crippen LogP contribution in [0.15, 0.2) is 35.7 Å². The molecule has 1 saturated heterocycles. The number of benzene rings is 1. The summed E-state index contributed by atoms with van der Waals surface area (Å²) in [5, 5.41) is 2.08. The molecule has 166 valence electrons. The summed E-state index contributed by atoms with van der Waals surface area (Å²) in [7, 11) is 0. The summed E-state index contributed by atoms with van der Waals surface area (Å²) in [6.07, 6.45) is 2.82. The van der Waals surface area contributed by atoms with Gasteiger partial charge in [0.25, 0.3) is 0 Å². The van der Waals surface area contributed by atoms with E-state index in [2.05, 4.69) is 11.4 Å². The Bertz CT molecular complexity index is 905. The minimum Gasteiger partial charge on any atom is -0.491 e. The quantitative estimate of drug-likeness (QED) is 0.658. The van der Waals surface area contributed by atoms with Crippen LogP contribution >= 0.6 is 11.3 Å². The molecule has 2 aliphatic rings. The number of aryl methyl sites for hydroxylation is 1. The molecule has 7 heteroatoms. The van der Waals surface area contributed by atoms with Crippen molar-refractivity contribution in [2.45, 2.75) is 45.3 Å². The largest absolute Gasteiger partial charge is 0.491 e. The fourth-order valence-electron chi connectivity index (χ4n) is 4.28. The van der Waals surface area contributed by atoms with Crippen molar-refractivity contribution in [3.63, 3.8) is 0 Å². The van der Waals surface area contributed by atoms with Crippen molar-refractivity contribution >= 4 is 23.2 Å². The third kappa shape index (κ3) is 5.28. The number of ether oxygens (including phenoxy) is 2. The predicted octanol–water partition coefficient (Wildman–Crippen LogP) is 3.59. The lowest BCUT2D eigenvalue weighted by Gasteiger charge is -2.37. The van der Waals surface area contributed by atoms with Crippen molar-refractivity contribution in [2.24, 2.45) is 0 Å². The molecule has 1 aromatic heterocycles. The number of carbonyl (C=O) groups excluding carboxylic acids is 2. The summed E-state index contributed by atoms with van der Waals surface area (Å²) in [5.74, 6) is 0.663. The highest BCUT2D eigenvalue weighted by molar-refractivity contribution is 7.10. The van der Waals surface area contributed by atoms with Gasteiger partial charge in [-0.3, -0.25) is 9.59 Å². The van der Waals surface area contributed by atoms with Gasteiger partial charge in [0, 0.05) is 31.5 Å². The fourth-order valence-corrected chi connectivity index (χ4v) is 5.21. The number of nitrogens with zero attached hydrogens (tertiary/aromatic N) is 2. The van der Waals surface area contributed by atoms with Gasteiger partial charge in [-0.15, -0.1) is 11.3 Å². The van der Waals surface area contributed by atoms with E-state index in [1.165, 1.54) is 17.4 Å². The Hall–Kier alpha value is -2.38. The van der Waals surface area contributed by atoms with E-state index in [4.69, 9.17) is 9.47 Å². The first-order valence-corrected chi connectivity index (χ1v) is 11.8. The number of hydrogen-bond donors (Lipinski definition) is 0. The van der Waals surface area contributed by atoms with Gasteiger partial charge in [0.1, 0.15) is 12.4 Å². The molecule has 2 aromatic rings. The van der Waals surface area contributed by atoms with E-state index >= 15 is 0 Å². The van der Waals surface area contributed by atoms with Crippen LogP contribution in [0.5, 0.6) is 5.75 Å². The lowest BCUT2D eigenvalue weighted by Crippen LogP contribution is -2.48. The molecule has 2 aliphatic heterocycles. The Morgan fingerprint density at radius 1 is 1.26 bits per heavy atom. The molecule has 1 fully saturated rings. The van der Waals surface area contributed by atoms with Crippen LogP contribution in [-0.2, 0) is 20.7 Å². The number of amides is 2. The van der Waals surface area contributed by atoms with Crippen molar-refractivity contribution in [1.29, 1.82) is 0 Å². The van der Waals surface area contributed by atoms with Gasteiger partial charge in [-0.25, -0.2) is 0 Å². The number of rotatable bonds is 7. The van der Waals surface area contributed by atoms with Gasteiger partial charge >= 0.3 is 0 Å². The zero-order chi connectivity index (χ0) is 21.8. The van der Waals surface area contributed by atoms with Crippen molar-refractivity contribution in [3.05, 3.63) is 51.7 Å². The van der Waals surface area contributed by atoms with Crippen LogP contribution in [-0.4, -0.2) is 60.6 Å². The Kier molecular flexibility index (Phi) is 6.92. The number of carbonyl (C=O) groups is 2. The van der Waals surface area contributed by atoms with Gasteiger partial charge in [0.15, 0.2) is 0 Å². The van der Waals surface area contributed by atoms with Crippen molar-refractivity contribution in [2.75, 3.05) is 32.8 Å². The van der Waals surface area contributed by atoms with Crippen LogP contribution in [0.25, 0.3) is 0 Å². The molecule has 2 atom stereocenters. The average Bonchev–Trinajstić information content (AvgIpc) is 3.44. The van der Waals surface area contributed by atoms with E-state index in [0.717, 1.165) is 37.2 Å². The zero-order valence-electron chi connectivity index (χ0n) is 18.2. The maximum Gasteiger partial charge on any atom is 0.242 e. The second-order valence-corrected chi connectivity index (χ2v) is 9.31. The Morgan fingerprint density at radius 3 is 2.77 bits per heavy atom. The SMILES string of the molecule is CC(=O)N(CC(=O)N1CCc2sccc2[C@@H]1COc1ccc(C)cc1)C[C@@H]1CCCO1. The normalized spacial score (nSPS) is 20.4. The third-order valence-corrected chi connectivity index (χ3v) is 7.06. The third-order valence-electron chi connectivity index (χ3n) is 6.06. The summed E-state index contributed by atoms with van der Waals surface area (Å²) >= 11 is 1.73. The lowest BCUT2D eigenvalue weighted by atomic mass is 10.0. The monoisotopic (exact) mass is 442 g/mol. The van der Waals surface area contributed by atoms with E-state index in [0.29, 0.717) is 19.7 Å². The van der Waals surface area contributed by atoms with Crippen molar-refractivity contribution < 1.29 is 19.1 Å². The summed E-state index contributed by atoms with van der Waals surface area (Å²) < 4.78 is 11.8. The highest BCUT2D eigenvalue weighted by Crippen LogP contribution is 2.34. The lowest BCUT2D eigenvalue weighted by molar-refractivity contribution is -0.142. The second-order valence-electron chi connectivity index (χ2n) is 8.31. The van der Waals surface area contributed by atoms with Gasteiger partial charge in [0.2, 0.25) is 11.8 Å². The van der Waals surface area contributed by atoms with Gasteiger partial charge < -0.3 is 19.3 Å². The molecule has 4 rings (SSSR count). The first-order chi connectivity index (χ1) is 15.0. The Morgan fingerprint density at radius 2 is 2.06 bits per heavy atom. The number of fused-ring (bicyclic) bond motifs is 1. The standard InChI is InChI=1S/C24H30N2O4S/c1-17-5-7-19(8-6-17)30-16-22-21-10-13-31-23(21)9-11-26(22)24(28)15-25(18(2)27)14-20-4-3-12-29-20/h5-8,10,13,20,22H,3-4,9,11-12,14-16H2,1-2H3/t20-,22-/m0/s1. The summed E-state index contributed by atoms with van der Waals surface area (Å²) in [5.41, 5.74) is 2.34. The van der Waals surface area contributed by atoms with Crippen molar-refractivity contribution in [3.8, 4) is 5.75 Å². The highest BCUT2D eigenvalue weighted by atomic mass is 32.1. The maximum absolute atomic E-state index is 13.3. The molecule has 1 aromatic carbocycles. The molecule has 31 heavy (non-hydrogen) atoms. The van der Waals surface area contributed by atoms with Crippen molar-refractivity contribution in [1.82, 2.24) is 9.80 Å². The molecule has 3 heterocycles. The molecule has 0 spiro atoms. The predicted molar refractivity (Wildman–Crippen MR) is 120 cm³/mol. The average molecular weight is 443 g/mol. The maximum atomic E-state index is 13.3. The molecule has 0 saturated carbocycles. The smallest absolute Gasteiger partial charge is 0.242 e. The van der Waals surface area contributed by atoms with Crippen LogP contribution < -0.4 is 4.74 Å². The number of hydrogen-bond acceptors (Lipinski definition) is 5. The molecule has 0 radical (unpaired) electrons. The van der Waals surface area contributed by atoms with Crippen LogP contribution in [0.1, 0.15) is 41.8 Å². The fraction of sp³-hybridized carbons (Fsp3) is 0.500. The molecule has 6 nitrogen and oxygen atoms in total.